The lowest BCUT2D eigenvalue weighted by molar-refractivity contribution is 0.0570. The first-order valence-electron chi connectivity index (χ1n) is 12.3. The standard InChI is InChI=1S/C29H32N2O3/c32-29(26-15-7-8-16-27(26)34-22-25-14-9-21-33-25)31-19-17-30(18-20-31)28(23-10-3-1-4-11-23)24-12-5-2-6-13-24/h1-8,10-13,15-16,25,28H,9,14,17-22H2/t25-/m1/s1. The number of para-hydroxylation sites is 1. The molecule has 2 aliphatic rings. The number of carbonyl (C=O) groups is 1. The van der Waals surface area contributed by atoms with Crippen molar-refractivity contribution in [3.8, 4) is 5.75 Å². The molecule has 0 aliphatic carbocycles. The molecular formula is C29H32N2O3. The van der Waals surface area contributed by atoms with Crippen LogP contribution in [-0.2, 0) is 4.74 Å². The number of hydrogen-bond acceptors (Lipinski definition) is 4. The monoisotopic (exact) mass is 456 g/mol. The number of benzene rings is 3. The van der Waals surface area contributed by atoms with E-state index in [9.17, 15) is 4.79 Å². The van der Waals surface area contributed by atoms with Crippen LogP contribution in [0.5, 0.6) is 5.75 Å². The zero-order chi connectivity index (χ0) is 23.2. The lowest BCUT2D eigenvalue weighted by Gasteiger charge is -2.40. The summed E-state index contributed by atoms with van der Waals surface area (Å²) in [5, 5.41) is 0. The summed E-state index contributed by atoms with van der Waals surface area (Å²) >= 11 is 0. The fraction of sp³-hybridized carbons (Fsp3) is 0.345. The van der Waals surface area contributed by atoms with Crippen LogP contribution in [0, 0.1) is 0 Å². The number of piperazine rings is 1. The van der Waals surface area contributed by atoms with Gasteiger partial charge >= 0.3 is 0 Å². The minimum Gasteiger partial charge on any atom is -0.490 e. The molecule has 5 rings (SSSR count). The van der Waals surface area contributed by atoms with E-state index in [1.165, 1.54) is 11.1 Å². The van der Waals surface area contributed by atoms with Gasteiger partial charge in [-0.2, -0.15) is 0 Å². The van der Waals surface area contributed by atoms with Crippen molar-refractivity contribution < 1.29 is 14.3 Å². The molecule has 2 aliphatic heterocycles. The average molecular weight is 457 g/mol. The molecule has 2 saturated heterocycles. The van der Waals surface area contributed by atoms with E-state index in [4.69, 9.17) is 9.47 Å². The van der Waals surface area contributed by atoms with Gasteiger partial charge < -0.3 is 14.4 Å². The number of carbonyl (C=O) groups excluding carboxylic acids is 1. The van der Waals surface area contributed by atoms with Gasteiger partial charge in [-0.1, -0.05) is 72.8 Å². The molecule has 5 heteroatoms. The molecule has 0 radical (unpaired) electrons. The van der Waals surface area contributed by atoms with Crippen LogP contribution in [0.25, 0.3) is 0 Å². The molecule has 5 nitrogen and oxygen atoms in total. The Hall–Kier alpha value is -3.15. The summed E-state index contributed by atoms with van der Waals surface area (Å²) in [7, 11) is 0. The summed E-state index contributed by atoms with van der Waals surface area (Å²) in [6, 6.07) is 29.0. The van der Waals surface area contributed by atoms with Crippen LogP contribution in [0.2, 0.25) is 0 Å². The molecule has 1 amide bonds. The molecule has 3 aromatic carbocycles. The number of rotatable bonds is 7. The number of ether oxygens (including phenoxy) is 2. The van der Waals surface area contributed by atoms with Crippen LogP contribution in [0.1, 0.15) is 40.4 Å². The topological polar surface area (TPSA) is 42.0 Å². The van der Waals surface area contributed by atoms with Crippen LogP contribution < -0.4 is 4.74 Å². The third-order valence-electron chi connectivity index (χ3n) is 6.76. The van der Waals surface area contributed by atoms with E-state index in [-0.39, 0.29) is 18.1 Å². The van der Waals surface area contributed by atoms with Crippen molar-refractivity contribution in [1.29, 1.82) is 0 Å². The van der Waals surface area contributed by atoms with Crippen molar-refractivity contribution >= 4 is 5.91 Å². The van der Waals surface area contributed by atoms with Gasteiger partial charge in [-0.3, -0.25) is 9.69 Å². The minimum absolute atomic E-state index is 0.0403. The summed E-state index contributed by atoms with van der Waals surface area (Å²) in [6.07, 6.45) is 2.22. The lowest BCUT2D eigenvalue weighted by Crippen LogP contribution is -2.50. The molecule has 2 fully saturated rings. The second-order valence-electron chi connectivity index (χ2n) is 8.99. The Bertz CT molecular complexity index is 1020. The Labute approximate surface area is 201 Å². The second-order valence-corrected chi connectivity index (χ2v) is 8.99. The van der Waals surface area contributed by atoms with E-state index in [1.54, 1.807) is 0 Å². The molecule has 2 heterocycles. The Morgan fingerprint density at radius 1 is 0.853 bits per heavy atom. The van der Waals surface area contributed by atoms with Gasteiger partial charge in [-0.25, -0.2) is 0 Å². The zero-order valence-corrected chi connectivity index (χ0v) is 19.5. The summed E-state index contributed by atoms with van der Waals surface area (Å²) < 4.78 is 11.7. The Morgan fingerprint density at radius 3 is 2.09 bits per heavy atom. The second kappa shape index (κ2) is 10.9. The summed E-state index contributed by atoms with van der Waals surface area (Å²) in [5.74, 6) is 0.690. The van der Waals surface area contributed by atoms with Crippen LogP contribution in [0.3, 0.4) is 0 Å². The van der Waals surface area contributed by atoms with Crippen molar-refractivity contribution in [2.45, 2.75) is 25.0 Å². The molecule has 0 unspecified atom stereocenters. The first-order chi connectivity index (χ1) is 16.8. The predicted octanol–water partition coefficient (Wildman–Crippen LogP) is 4.79. The average Bonchev–Trinajstić information content (AvgIpc) is 3.43. The maximum atomic E-state index is 13.4. The first-order valence-corrected chi connectivity index (χ1v) is 12.3. The quantitative estimate of drug-likeness (QED) is 0.513. The predicted molar refractivity (Wildman–Crippen MR) is 133 cm³/mol. The number of hydrogen-bond donors (Lipinski definition) is 0. The molecule has 0 spiro atoms. The van der Waals surface area contributed by atoms with E-state index in [0.29, 0.717) is 31.0 Å². The minimum atomic E-state index is 0.0403. The number of nitrogens with zero attached hydrogens (tertiary/aromatic N) is 2. The highest BCUT2D eigenvalue weighted by atomic mass is 16.5. The van der Waals surface area contributed by atoms with Crippen LogP contribution in [0.4, 0.5) is 0 Å². The largest absolute Gasteiger partial charge is 0.490 e. The van der Waals surface area contributed by atoms with Gasteiger partial charge in [0.05, 0.1) is 17.7 Å². The SMILES string of the molecule is O=C(c1ccccc1OC[C@H]1CCCO1)N1CCN(C(c2ccccc2)c2ccccc2)CC1. The summed E-state index contributed by atoms with van der Waals surface area (Å²) in [6.45, 7) is 4.31. The molecule has 0 bridgehead atoms. The van der Waals surface area contributed by atoms with Crippen molar-refractivity contribution in [3.63, 3.8) is 0 Å². The van der Waals surface area contributed by atoms with E-state index in [0.717, 1.165) is 32.5 Å². The molecule has 0 N–H and O–H groups in total. The summed E-state index contributed by atoms with van der Waals surface area (Å²) in [5.41, 5.74) is 3.19. The number of amides is 1. The normalized spacial score (nSPS) is 18.9. The third-order valence-corrected chi connectivity index (χ3v) is 6.76. The first kappa shape index (κ1) is 22.6. The van der Waals surface area contributed by atoms with Gasteiger partial charge in [-0.05, 0) is 36.1 Å². The molecule has 34 heavy (non-hydrogen) atoms. The fourth-order valence-electron chi connectivity index (χ4n) is 4.97. The Morgan fingerprint density at radius 2 is 1.47 bits per heavy atom. The van der Waals surface area contributed by atoms with Crippen LogP contribution in [0.15, 0.2) is 84.9 Å². The molecule has 176 valence electrons. The van der Waals surface area contributed by atoms with Gasteiger partial charge in [0.15, 0.2) is 0 Å². The smallest absolute Gasteiger partial charge is 0.257 e. The fourth-order valence-corrected chi connectivity index (χ4v) is 4.97. The third kappa shape index (κ3) is 5.16. The van der Waals surface area contributed by atoms with Crippen LogP contribution in [-0.4, -0.2) is 61.2 Å². The highest BCUT2D eigenvalue weighted by Crippen LogP contribution is 2.30. The van der Waals surface area contributed by atoms with Crippen molar-refractivity contribution in [3.05, 3.63) is 102 Å². The molecule has 1 atom stereocenters. The highest BCUT2D eigenvalue weighted by Gasteiger charge is 2.29. The van der Waals surface area contributed by atoms with Gasteiger partial charge in [0.2, 0.25) is 0 Å². The van der Waals surface area contributed by atoms with Crippen molar-refractivity contribution in [2.24, 2.45) is 0 Å². The molecular weight excluding hydrogens is 424 g/mol. The van der Waals surface area contributed by atoms with Gasteiger partial charge in [0.1, 0.15) is 12.4 Å². The van der Waals surface area contributed by atoms with Crippen LogP contribution >= 0.6 is 0 Å². The van der Waals surface area contributed by atoms with E-state index in [2.05, 4.69) is 65.6 Å². The van der Waals surface area contributed by atoms with Gasteiger partial charge in [-0.15, -0.1) is 0 Å². The van der Waals surface area contributed by atoms with Crippen molar-refractivity contribution in [2.75, 3.05) is 39.4 Å². The molecule has 0 aromatic heterocycles. The van der Waals surface area contributed by atoms with Gasteiger partial charge in [0.25, 0.3) is 5.91 Å². The van der Waals surface area contributed by atoms with E-state index in [1.807, 2.05) is 29.2 Å². The van der Waals surface area contributed by atoms with E-state index >= 15 is 0 Å². The zero-order valence-electron chi connectivity index (χ0n) is 19.5. The summed E-state index contributed by atoms with van der Waals surface area (Å²) in [4.78, 5) is 17.9. The Balaban J connectivity index is 1.27. The Kier molecular flexibility index (Phi) is 7.22. The van der Waals surface area contributed by atoms with Gasteiger partial charge in [0, 0.05) is 32.8 Å². The lowest BCUT2D eigenvalue weighted by atomic mass is 9.96. The maximum Gasteiger partial charge on any atom is 0.257 e. The van der Waals surface area contributed by atoms with Crippen molar-refractivity contribution in [1.82, 2.24) is 9.80 Å². The maximum absolute atomic E-state index is 13.4. The highest BCUT2D eigenvalue weighted by molar-refractivity contribution is 5.97. The molecule has 0 saturated carbocycles. The molecule has 3 aromatic rings. The van der Waals surface area contributed by atoms with E-state index < -0.39 is 0 Å².